The van der Waals surface area contributed by atoms with Gasteiger partial charge in [0.25, 0.3) is 0 Å². The molecule has 0 amide bonds. The van der Waals surface area contributed by atoms with Crippen molar-refractivity contribution in [2.24, 2.45) is 0 Å². The van der Waals surface area contributed by atoms with Crippen molar-refractivity contribution < 1.29 is 23.5 Å². The number of rotatable bonds is 8. The van der Waals surface area contributed by atoms with E-state index in [1.165, 1.54) is 0 Å². The number of carbonyl (C=O) groups excluding carboxylic acids is 2. The van der Waals surface area contributed by atoms with Gasteiger partial charge in [0.2, 0.25) is 0 Å². The van der Waals surface area contributed by atoms with Gasteiger partial charge in [-0.25, -0.2) is 9.78 Å². The van der Waals surface area contributed by atoms with E-state index in [0.717, 1.165) is 16.9 Å². The van der Waals surface area contributed by atoms with Crippen molar-refractivity contribution in [3.63, 3.8) is 0 Å². The number of oxazole rings is 1. The number of nitrogens with two attached hydrogens (primary N) is 1. The summed E-state index contributed by atoms with van der Waals surface area (Å²) < 4.78 is 15.9. The Kier molecular flexibility index (Phi) is 7.28. The number of anilines is 1. The van der Waals surface area contributed by atoms with Crippen LogP contribution in [-0.4, -0.2) is 23.5 Å². The van der Waals surface area contributed by atoms with E-state index in [1.807, 2.05) is 6.07 Å². The Labute approximate surface area is 187 Å². The maximum atomic E-state index is 12.2. The molecule has 0 fully saturated rings. The second-order valence-corrected chi connectivity index (χ2v) is 7.76. The molecule has 10 heteroatoms. The van der Waals surface area contributed by atoms with Crippen LogP contribution in [-0.2, 0) is 27.3 Å². The summed E-state index contributed by atoms with van der Waals surface area (Å²) in [7, 11) is 0. The largest absolute Gasteiger partial charge is 0.462 e. The highest BCUT2D eigenvalue weighted by atomic mass is 35.5. The smallest absolute Gasteiger partial charge is 0.348 e. The summed E-state index contributed by atoms with van der Waals surface area (Å²) in [5.74, 6) is -0.200. The average molecular weight is 460 g/mol. The summed E-state index contributed by atoms with van der Waals surface area (Å²) in [6, 6.07) is 9.04. The molecule has 0 aliphatic carbocycles. The first-order valence-electron chi connectivity index (χ1n) is 9.27. The highest BCUT2D eigenvalue weighted by Crippen LogP contribution is 2.32. The highest BCUT2D eigenvalue weighted by molar-refractivity contribution is 7.18. The number of hydrogen-bond acceptors (Lipinski definition) is 9. The number of ether oxygens (including phenoxy) is 2. The first-order valence-corrected chi connectivity index (χ1v) is 10.5. The fourth-order valence-corrected chi connectivity index (χ4v) is 3.76. The molecule has 2 N–H and O–H groups in total. The fourth-order valence-electron chi connectivity index (χ4n) is 2.71. The summed E-state index contributed by atoms with van der Waals surface area (Å²) in [5, 5.41) is 10.1. The average Bonchev–Trinajstić information content (AvgIpc) is 3.35. The third kappa shape index (κ3) is 5.42. The van der Waals surface area contributed by atoms with Gasteiger partial charge < -0.3 is 19.6 Å². The molecule has 0 aliphatic heterocycles. The molecule has 0 radical (unpaired) electrons. The van der Waals surface area contributed by atoms with E-state index in [9.17, 15) is 14.9 Å². The van der Waals surface area contributed by atoms with Gasteiger partial charge >= 0.3 is 11.9 Å². The van der Waals surface area contributed by atoms with Gasteiger partial charge in [-0.15, -0.1) is 11.3 Å². The van der Waals surface area contributed by atoms with Gasteiger partial charge in [0.05, 0.1) is 24.8 Å². The van der Waals surface area contributed by atoms with Crippen LogP contribution in [0.4, 0.5) is 5.00 Å². The number of aryl methyl sites for hydroxylation is 1. The zero-order chi connectivity index (χ0) is 22.4. The van der Waals surface area contributed by atoms with Gasteiger partial charge in [0, 0.05) is 22.6 Å². The van der Waals surface area contributed by atoms with Crippen molar-refractivity contribution in [1.29, 1.82) is 5.26 Å². The summed E-state index contributed by atoms with van der Waals surface area (Å²) in [6.07, 6.45) is 1.81. The van der Waals surface area contributed by atoms with Gasteiger partial charge in [-0.1, -0.05) is 11.6 Å². The predicted molar refractivity (Wildman–Crippen MR) is 114 cm³/mol. The first kappa shape index (κ1) is 22.3. The van der Waals surface area contributed by atoms with Crippen molar-refractivity contribution in [3.8, 4) is 17.4 Å². The Hall–Kier alpha value is -3.35. The highest BCUT2D eigenvalue weighted by Gasteiger charge is 2.24. The third-order valence-corrected chi connectivity index (χ3v) is 5.50. The van der Waals surface area contributed by atoms with E-state index in [4.69, 9.17) is 31.2 Å². The summed E-state index contributed by atoms with van der Waals surface area (Å²) in [5.41, 5.74) is 6.98. The molecular weight excluding hydrogens is 442 g/mol. The molecule has 2 aromatic heterocycles. The van der Waals surface area contributed by atoms with Crippen LogP contribution >= 0.6 is 22.9 Å². The molecule has 0 aliphatic rings. The lowest BCUT2D eigenvalue weighted by molar-refractivity contribution is -0.145. The third-order valence-electron chi connectivity index (χ3n) is 4.21. The minimum atomic E-state index is -0.610. The maximum absolute atomic E-state index is 12.2. The van der Waals surface area contributed by atoms with E-state index in [1.54, 1.807) is 37.4 Å². The molecule has 0 atom stereocenters. The van der Waals surface area contributed by atoms with Crippen LogP contribution < -0.4 is 5.73 Å². The van der Waals surface area contributed by atoms with Crippen LogP contribution in [0.5, 0.6) is 0 Å². The molecule has 31 heavy (non-hydrogen) atoms. The molecular formula is C21H18ClN3O5S. The monoisotopic (exact) mass is 459 g/mol. The normalized spacial score (nSPS) is 10.5. The number of hydrogen-bond donors (Lipinski definition) is 1. The Balaban J connectivity index is 1.59. The van der Waals surface area contributed by atoms with Crippen LogP contribution in [0.25, 0.3) is 11.3 Å². The molecule has 3 aromatic rings. The minimum absolute atomic E-state index is 0.0107. The lowest BCUT2D eigenvalue weighted by atomic mass is 10.1. The van der Waals surface area contributed by atoms with Gasteiger partial charge in [-0.05, 0) is 31.2 Å². The number of benzene rings is 1. The van der Waals surface area contributed by atoms with E-state index >= 15 is 0 Å². The molecule has 0 bridgehead atoms. The Morgan fingerprint density at radius 3 is 2.71 bits per heavy atom. The van der Waals surface area contributed by atoms with Crippen molar-refractivity contribution in [1.82, 2.24) is 4.98 Å². The Morgan fingerprint density at radius 1 is 1.29 bits per heavy atom. The van der Waals surface area contributed by atoms with Crippen molar-refractivity contribution in [2.75, 3.05) is 12.3 Å². The van der Waals surface area contributed by atoms with Gasteiger partial charge in [0.1, 0.15) is 22.6 Å². The van der Waals surface area contributed by atoms with Gasteiger partial charge in [-0.2, -0.15) is 5.26 Å². The fraction of sp³-hybridized carbons (Fsp3) is 0.238. The number of thiophene rings is 1. The number of nitriles is 1. The number of nitrogens with zero attached hydrogens (tertiary/aromatic N) is 2. The summed E-state index contributed by atoms with van der Waals surface area (Å²) >= 11 is 6.81. The summed E-state index contributed by atoms with van der Waals surface area (Å²) in [6.45, 7) is 1.58. The van der Waals surface area contributed by atoms with E-state index < -0.39 is 11.9 Å². The predicted octanol–water partition coefficient (Wildman–Crippen LogP) is 4.36. The molecule has 8 nitrogen and oxygen atoms in total. The van der Waals surface area contributed by atoms with Gasteiger partial charge in [-0.3, -0.25) is 4.79 Å². The second-order valence-electron chi connectivity index (χ2n) is 6.27. The number of halogens is 1. The zero-order valence-corrected chi connectivity index (χ0v) is 18.1. The van der Waals surface area contributed by atoms with Crippen molar-refractivity contribution in [3.05, 3.63) is 57.4 Å². The van der Waals surface area contributed by atoms with E-state index in [-0.39, 0.29) is 47.1 Å². The Morgan fingerprint density at radius 2 is 2.03 bits per heavy atom. The lowest BCUT2D eigenvalue weighted by Crippen LogP contribution is -2.10. The summed E-state index contributed by atoms with van der Waals surface area (Å²) in [4.78, 5) is 28.6. The quantitative estimate of drug-likeness (QED) is 0.492. The number of esters is 2. The molecule has 0 spiro atoms. The van der Waals surface area contributed by atoms with E-state index in [0.29, 0.717) is 16.7 Å². The Bertz CT molecular complexity index is 1130. The molecule has 0 unspecified atom stereocenters. The zero-order valence-electron chi connectivity index (χ0n) is 16.5. The van der Waals surface area contributed by atoms with E-state index in [2.05, 4.69) is 4.98 Å². The molecule has 3 rings (SSSR count). The molecule has 160 valence electrons. The number of aromatic nitrogens is 1. The first-order chi connectivity index (χ1) is 14.9. The molecule has 2 heterocycles. The standard InChI is InChI=1S/C21H18ClN3O5S/c1-2-28-21(27)19-15(14(9-23)20(24)31-19)11-29-18(26)8-7-17-25-10-16(30-17)12-3-5-13(22)6-4-12/h3-6,10H,2,7-8,11,24H2,1H3. The van der Waals surface area contributed by atoms with Gasteiger partial charge in [0.15, 0.2) is 11.7 Å². The second kappa shape index (κ2) is 10.1. The van der Waals surface area contributed by atoms with Crippen LogP contribution in [0.3, 0.4) is 0 Å². The van der Waals surface area contributed by atoms with Crippen molar-refractivity contribution in [2.45, 2.75) is 26.4 Å². The topological polar surface area (TPSA) is 128 Å². The maximum Gasteiger partial charge on any atom is 0.348 e. The van der Waals surface area contributed by atoms with Crippen LogP contribution in [0.15, 0.2) is 34.9 Å². The van der Waals surface area contributed by atoms with Crippen LogP contribution in [0, 0.1) is 11.3 Å². The lowest BCUT2D eigenvalue weighted by Gasteiger charge is -2.06. The van der Waals surface area contributed by atoms with Crippen LogP contribution in [0.1, 0.15) is 40.0 Å². The molecule has 0 saturated heterocycles. The molecule has 0 saturated carbocycles. The van der Waals surface area contributed by atoms with Crippen molar-refractivity contribution >= 4 is 39.9 Å². The minimum Gasteiger partial charge on any atom is -0.462 e. The van der Waals surface area contributed by atoms with Crippen LogP contribution in [0.2, 0.25) is 5.02 Å². The number of carbonyl (C=O) groups is 2. The SMILES string of the molecule is CCOC(=O)c1sc(N)c(C#N)c1COC(=O)CCc1ncc(-c2ccc(Cl)cc2)o1. The molecule has 1 aromatic carbocycles. The number of nitrogen functional groups attached to an aromatic ring is 1.